The Labute approximate surface area is 65.7 Å². The minimum absolute atomic E-state index is 0.362. The molecular weight excluding hydrogens is 152 g/mol. The second kappa shape index (κ2) is 4.88. The van der Waals surface area contributed by atoms with E-state index in [4.69, 9.17) is 5.73 Å². The van der Waals surface area contributed by atoms with Crippen LogP contribution in [0.25, 0.3) is 0 Å². The highest BCUT2D eigenvalue weighted by molar-refractivity contribution is 7.98. The van der Waals surface area contributed by atoms with Gasteiger partial charge in [-0.25, -0.2) is 0 Å². The monoisotopic (exact) mass is 164 g/mol. The lowest BCUT2D eigenvalue weighted by Gasteiger charge is -2.03. The topological polar surface area (TPSA) is 38.0 Å². The summed E-state index contributed by atoms with van der Waals surface area (Å²) < 4.78 is 2.80. The van der Waals surface area contributed by atoms with Crippen LogP contribution in [0.3, 0.4) is 0 Å². The first-order chi connectivity index (χ1) is 4.13. The SMILES string of the molecule is CC(C)CSNC(N)=S. The number of hydrogen-bond donors (Lipinski definition) is 2. The average molecular weight is 164 g/mol. The molecule has 0 atom stereocenters. The zero-order valence-corrected chi connectivity index (χ0v) is 7.31. The smallest absolute Gasteiger partial charge is 0.173 e. The Balaban J connectivity index is 3.01. The summed E-state index contributed by atoms with van der Waals surface area (Å²) in [6.07, 6.45) is 0. The van der Waals surface area contributed by atoms with E-state index < -0.39 is 0 Å². The molecule has 0 unspecified atom stereocenters. The van der Waals surface area contributed by atoms with Crippen molar-refractivity contribution in [2.75, 3.05) is 5.75 Å². The van der Waals surface area contributed by atoms with Crippen LogP contribution in [0, 0.1) is 5.92 Å². The van der Waals surface area contributed by atoms with Crippen LogP contribution in [0.1, 0.15) is 13.8 Å². The Kier molecular flexibility index (Phi) is 4.90. The third-order valence-corrected chi connectivity index (χ3v) is 2.02. The number of thiocarbonyl (C=S) groups is 1. The molecule has 0 aromatic heterocycles. The second-order valence-electron chi connectivity index (χ2n) is 2.17. The molecule has 3 N–H and O–H groups in total. The summed E-state index contributed by atoms with van der Waals surface area (Å²) in [6, 6.07) is 0. The van der Waals surface area contributed by atoms with Gasteiger partial charge in [0.1, 0.15) is 0 Å². The van der Waals surface area contributed by atoms with E-state index in [2.05, 4.69) is 30.8 Å². The Morgan fingerprint density at radius 2 is 2.33 bits per heavy atom. The molecule has 0 rings (SSSR count). The van der Waals surface area contributed by atoms with Gasteiger partial charge in [0.05, 0.1) is 0 Å². The van der Waals surface area contributed by atoms with Crippen LogP contribution < -0.4 is 10.5 Å². The molecule has 0 aromatic carbocycles. The predicted octanol–water partition coefficient (Wildman–Crippen LogP) is 1.12. The fourth-order valence-electron chi connectivity index (χ4n) is 0.279. The zero-order chi connectivity index (χ0) is 7.28. The Morgan fingerprint density at radius 3 is 2.67 bits per heavy atom. The van der Waals surface area contributed by atoms with Gasteiger partial charge >= 0.3 is 0 Å². The van der Waals surface area contributed by atoms with Crippen LogP contribution >= 0.6 is 24.2 Å². The Morgan fingerprint density at radius 1 is 1.78 bits per heavy atom. The van der Waals surface area contributed by atoms with E-state index in [1.54, 1.807) is 11.9 Å². The summed E-state index contributed by atoms with van der Waals surface area (Å²) in [4.78, 5) is 0. The first-order valence-corrected chi connectivity index (χ1v) is 4.19. The van der Waals surface area contributed by atoms with Gasteiger partial charge in [0.25, 0.3) is 0 Å². The van der Waals surface area contributed by atoms with E-state index in [1.807, 2.05) is 0 Å². The molecule has 0 heterocycles. The quantitative estimate of drug-likeness (QED) is 0.484. The lowest BCUT2D eigenvalue weighted by atomic mass is 10.3. The van der Waals surface area contributed by atoms with Crippen molar-refractivity contribution in [1.82, 2.24) is 4.72 Å². The molecule has 54 valence electrons. The van der Waals surface area contributed by atoms with Gasteiger partial charge in [-0.05, 0) is 18.1 Å². The number of hydrogen-bond acceptors (Lipinski definition) is 2. The highest BCUT2D eigenvalue weighted by Gasteiger charge is 1.92. The summed E-state index contributed by atoms with van der Waals surface area (Å²) in [5, 5.41) is 0.362. The molecule has 0 aromatic rings. The number of nitrogens with two attached hydrogens (primary N) is 1. The first kappa shape index (κ1) is 9.04. The molecule has 9 heavy (non-hydrogen) atoms. The van der Waals surface area contributed by atoms with E-state index >= 15 is 0 Å². The van der Waals surface area contributed by atoms with Gasteiger partial charge in [0, 0.05) is 5.75 Å². The fraction of sp³-hybridized carbons (Fsp3) is 0.800. The third kappa shape index (κ3) is 8.04. The highest BCUT2D eigenvalue weighted by Crippen LogP contribution is 2.01. The van der Waals surface area contributed by atoms with Gasteiger partial charge in [-0.3, -0.25) is 0 Å². The van der Waals surface area contributed by atoms with Crippen molar-refractivity contribution in [3.63, 3.8) is 0 Å². The molecule has 0 saturated carbocycles. The number of rotatable bonds is 3. The zero-order valence-electron chi connectivity index (χ0n) is 5.68. The standard InChI is InChI=1S/C5H12N2S2/c1-4(2)3-9-7-5(6)8/h4H,3H2,1-2H3,(H3,6,7,8). The minimum Gasteiger partial charge on any atom is -0.376 e. The van der Waals surface area contributed by atoms with E-state index in [0.717, 1.165) is 5.75 Å². The van der Waals surface area contributed by atoms with Crippen LogP contribution in [0.2, 0.25) is 0 Å². The van der Waals surface area contributed by atoms with Crippen molar-refractivity contribution in [3.8, 4) is 0 Å². The molecule has 4 heteroatoms. The van der Waals surface area contributed by atoms with Crippen LogP contribution in [0.5, 0.6) is 0 Å². The van der Waals surface area contributed by atoms with Gasteiger partial charge in [0.15, 0.2) is 5.11 Å². The van der Waals surface area contributed by atoms with Crippen molar-refractivity contribution >= 4 is 29.3 Å². The van der Waals surface area contributed by atoms with Crippen LogP contribution in [-0.2, 0) is 0 Å². The maximum absolute atomic E-state index is 5.18. The van der Waals surface area contributed by atoms with Crippen molar-refractivity contribution < 1.29 is 0 Å². The van der Waals surface area contributed by atoms with Crippen molar-refractivity contribution in [2.24, 2.45) is 11.7 Å². The highest BCUT2D eigenvalue weighted by atomic mass is 32.2. The normalized spacial score (nSPS) is 9.67. The van der Waals surface area contributed by atoms with Gasteiger partial charge in [-0.2, -0.15) is 0 Å². The molecule has 0 bridgehead atoms. The number of nitrogens with one attached hydrogen (secondary N) is 1. The van der Waals surface area contributed by atoms with Crippen LogP contribution in [0.4, 0.5) is 0 Å². The molecule has 0 saturated heterocycles. The lowest BCUT2D eigenvalue weighted by Crippen LogP contribution is -2.23. The maximum atomic E-state index is 5.18. The van der Waals surface area contributed by atoms with E-state index in [0.29, 0.717) is 11.0 Å². The molecule has 0 aliphatic rings. The summed E-state index contributed by atoms with van der Waals surface area (Å²) in [7, 11) is 0. The van der Waals surface area contributed by atoms with E-state index in [9.17, 15) is 0 Å². The van der Waals surface area contributed by atoms with E-state index in [-0.39, 0.29) is 0 Å². The summed E-state index contributed by atoms with van der Waals surface area (Å²) in [6.45, 7) is 4.29. The van der Waals surface area contributed by atoms with Crippen LogP contribution in [0.15, 0.2) is 0 Å². The van der Waals surface area contributed by atoms with Crippen molar-refractivity contribution in [1.29, 1.82) is 0 Å². The van der Waals surface area contributed by atoms with Gasteiger partial charge in [0.2, 0.25) is 0 Å². The summed E-state index contributed by atoms with van der Waals surface area (Å²) in [5.41, 5.74) is 5.18. The van der Waals surface area contributed by atoms with Gasteiger partial charge in [-0.1, -0.05) is 25.8 Å². The molecule has 0 amide bonds. The predicted molar refractivity (Wildman–Crippen MR) is 47.2 cm³/mol. The van der Waals surface area contributed by atoms with Gasteiger partial charge in [-0.15, -0.1) is 0 Å². The largest absolute Gasteiger partial charge is 0.376 e. The summed E-state index contributed by atoms with van der Waals surface area (Å²) >= 11 is 6.15. The molecule has 2 nitrogen and oxygen atoms in total. The maximum Gasteiger partial charge on any atom is 0.173 e. The Bertz CT molecular complexity index is 93.0. The van der Waals surface area contributed by atoms with Gasteiger partial charge < -0.3 is 10.5 Å². The first-order valence-electron chi connectivity index (χ1n) is 2.80. The minimum atomic E-state index is 0.362. The van der Waals surface area contributed by atoms with Crippen molar-refractivity contribution in [2.45, 2.75) is 13.8 Å². The van der Waals surface area contributed by atoms with Crippen LogP contribution in [-0.4, -0.2) is 10.9 Å². The molecule has 0 spiro atoms. The third-order valence-electron chi connectivity index (χ3n) is 0.589. The Hall–Kier alpha value is 0.0400. The molecule has 0 fully saturated rings. The van der Waals surface area contributed by atoms with Crippen molar-refractivity contribution in [3.05, 3.63) is 0 Å². The second-order valence-corrected chi connectivity index (χ2v) is 3.44. The molecule has 0 aliphatic heterocycles. The molecule has 0 aliphatic carbocycles. The van der Waals surface area contributed by atoms with E-state index in [1.165, 1.54) is 0 Å². The average Bonchev–Trinajstić information content (AvgIpc) is 1.63. The fourth-order valence-corrected chi connectivity index (χ4v) is 1.02. The lowest BCUT2D eigenvalue weighted by molar-refractivity contribution is 0.750. The summed E-state index contributed by atoms with van der Waals surface area (Å²) in [5.74, 6) is 1.72. The molecular formula is C5H12N2S2. The molecule has 0 radical (unpaired) electrons.